The van der Waals surface area contributed by atoms with E-state index in [2.05, 4.69) is 6.92 Å². The highest BCUT2D eigenvalue weighted by Crippen LogP contribution is 2.26. The second-order valence-electron chi connectivity index (χ2n) is 4.20. The smallest absolute Gasteiger partial charge is 0.0577 e. The van der Waals surface area contributed by atoms with E-state index in [0.29, 0.717) is 18.3 Å². The molecule has 1 aliphatic carbocycles. The van der Waals surface area contributed by atoms with Gasteiger partial charge in [0.1, 0.15) is 0 Å². The van der Waals surface area contributed by atoms with Gasteiger partial charge in [0.25, 0.3) is 0 Å². The molecule has 0 spiro atoms. The standard InChI is InChI=1S/C10H21NO2S/c1-8-3-4-9(11)10(7-8)14(12)6-5-13-2/h8-10H,3-7,11H2,1-2H3. The molecule has 0 amide bonds. The quantitative estimate of drug-likeness (QED) is 0.764. The van der Waals surface area contributed by atoms with Crippen LogP contribution in [0, 0.1) is 5.92 Å². The minimum atomic E-state index is -0.807. The summed E-state index contributed by atoms with van der Waals surface area (Å²) < 4.78 is 16.8. The molecule has 1 rings (SSSR count). The van der Waals surface area contributed by atoms with Gasteiger partial charge in [0, 0.05) is 29.7 Å². The largest absolute Gasteiger partial charge is 0.384 e. The van der Waals surface area contributed by atoms with Crippen LogP contribution in [0.2, 0.25) is 0 Å². The van der Waals surface area contributed by atoms with Crippen LogP contribution in [0.1, 0.15) is 26.2 Å². The van der Waals surface area contributed by atoms with E-state index in [4.69, 9.17) is 10.5 Å². The third kappa shape index (κ3) is 3.33. The molecule has 0 saturated heterocycles. The zero-order valence-corrected chi connectivity index (χ0v) is 9.89. The maximum atomic E-state index is 11.9. The van der Waals surface area contributed by atoms with Crippen molar-refractivity contribution in [3.05, 3.63) is 0 Å². The van der Waals surface area contributed by atoms with Crippen LogP contribution in [-0.4, -0.2) is 35.0 Å². The number of methoxy groups -OCH3 is 1. The molecule has 0 aromatic carbocycles. The maximum absolute atomic E-state index is 11.9. The maximum Gasteiger partial charge on any atom is 0.0577 e. The van der Waals surface area contributed by atoms with Crippen molar-refractivity contribution in [3.8, 4) is 0 Å². The Morgan fingerprint density at radius 3 is 2.86 bits per heavy atom. The highest BCUT2D eigenvalue weighted by molar-refractivity contribution is 7.85. The Morgan fingerprint density at radius 1 is 1.50 bits per heavy atom. The highest BCUT2D eigenvalue weighted by atomic mass is 32.2. The lowest BCUT2D eigenvalue weighted by Crippen LogP contribution is -2.43. The number of ether oxygens (including phenoxy) is 1. The van der Waals surface area contributed by atoms with Gasteiger partial charge in [-0.25, -0.2) is 0 Å². The summed E-state index contributed by atoms with van der Waals surface area (Å²) in [5, 5.41) is 0.189. The predicted octanol–water partition coefficient (Wildman–Crippen LogP) is 0.897. The molecule has 4 heteroatoms. The van der Waals surface area contributed by atoms with Crippen LogP contribution < -0.4 is 5.73 Å². The molecule has 1 aliphatic rings. The van der Waals surface area contributed by atoms with Gasteiger partial charge in [-0.1, -0.05) is 6.92 Å². The number of rotatable bonds is 4. The van der Waals surface area contributed by atoms with Crippen LogP contribution in [0.5, 0.6) is 0 Å². The summed E-state index contributed by atoms with van der Waals surface area (Å²) in [6.45, 7) is 2.79. The first kappa shape index (κ1) is 12.1. The lowest BCUT2D eigenvalue weighted by molar-refractivity contribution is 0.217. The van der Waals surface area contributed by atoms with Gasteiger partial charge >= 0.3 is 0 Å². The molecule has 14 heavy (non-hydrogen) atoms. The average Bonchev–Trinajstić information content (AvgIpc) is 2.18. The van der Waals surface area contributed by atoms with E-state index >= 15 is 0 Å². The Morgan fingerprint density at radius 2 is 2.21 bits per heavy atom. The van der Waals surface area contributed by atoms with Crippen molar-refractivity contribution in [2.75, 3.05) is 19.5 Å². The van der Waals surface area contributed by atoms with Crippen LogP contribution in [0.25, 0.3) is 0 Å². The van der Waals surface area contributed by atoms with E-state index in [1.165, 1.54) is 6.42 Å². The molecular formula is C10H21NO2S. The Kier molecular flexibility index (Phi) is 5.06. The summed E-state index contributed by atoms with van der Waals surface area (Å²) in [4.78, 5) is 0. The summed E-state index contributed by atoms with van der Waals surface area (Å²) in [5.74, 6) is 1.30. The molecular weight excluding hydrogens is 198 g/mol. The molecule has 1 fully saturated rings. The van der Waals surface area contributed by atoms with Crippen LogP contribution in [0.15, 0.2) is 0 Å². The molecule has 0 aliphatic heterocycles. The summed E-state index contributed by atoms with van der Waals surface area (Å²) >= 11 is 0. The molecule has 0 heterocycles. The fourth-order valence-electron chi connectivity index (χ4n) is 1.97. The van der Waals surface area contributed by atoms with Crippen LogP contribution >= 0.6 is 0 Å². The zero-order valence-electron chi connectivity index (χ0n) is 9.07. The van der Waals surface area contributed by atoms with E-state index in [9.17, 15) is 4.21 Å². The normalized spacial score (nSPS) is 35.5. The monoisotopic (exact) mass is 219 g/mol. The molecule has 84 valence electrons. The van der Waals surface area contributed by atoms with Crippen LogP contribution in [-0.2, 0) is 15.5 Å². The first-order valence-electron chi connectivity index (χ1n) is 5.26. The lowest BCUT2D eigenvalue weighted by Gasteiger charge is -2.31. The van der Waals surface area contributed by atoms with Crippen molar-refractivity contribution in [3.63, 3.8) is 0 Å². The number of nitrogens with two attached hydrogens (primary N) is 1. The Hall–Kier alpha value is 0.0700. The summed E-state index contributed by atoms with van der Waals surface area (Å²) in [6, 6.07) is 0.129. The molecule has 4 atom stereocenters. The Balaban J connectivity index is 2.43. The SMILES string of the molecule is COCCS(=O)C1CC(C)CCC1N. The van der Waals surface area contributed by atoms with E-state index in [0.717, 1.165) is 12.8 Å². The Labute approximate surface area is 88.8 Å². The molecule has 0 aromatic rings. The first-order chi connectivity index (χ1) is 6.65. The molecule has 0 aromatic heterocycles. The van der Waals surface area contributed by atoms with Crippen molar-refractivity contribution in [1.82, 2.24) is 0 Å². The van der Waals surface area contributed by atoms with Crippen molar-refractivity contribution < 1.29 is 8.95 Å². The topological polar surface area (TPSA) is 52.3 Å². The summed E-state index contributed by atoms with van der Waals surface area (Å²) in [6.07, 6.45) is 3.21. The van der Waals surface area contributed by atoms with E-state index in [1.54, 1.807) is 7.11 Å². The molecule has 2 N–H and O–H groups in total. The summed E-state index contributed by atoms with van der Waals surface area (Å²) in [5.41, 5.74) is 5.98. The van der Waals surface area contributed by atoms with Crippen molar-refractivity contribution >= 4 is 10.8 Å². The summed E-state index contributed by atoms with van der Waals surface area (Å²) in [7, 11) is 0.832. The highest BCUT2D eigenvalue weighted by Gasteiger charge is 2.29. The van der Waals surface area contributed by atoms with Gasteiger partial charge in [-0.05, 0) is 25.2 Å². The van der Waals surface area contributed by atoms with Gasteiger partial charge in [-0.15, -0.1) is 0 Å². The van der Waals surface area contributed by atoms with Crippen LogP contribution in [0.4, 0.5) is 0 Å². The minimum Gasteiger partial charge on any atom is -0.384 e. The Bertz CT molecular complexity index is 199. The van der Waals surface area contributed by atoms with Gasteiger partial charge in [0.2, 0.25) is 0 Å². The second kappa shape index (κ2) is 5.83. The first-order valence-corrected chi connectivity index (χ1v) is 6.65. The van der Waals surface area contributed by atoms with Crippen molar-refractivity contribution in [2.24, 2.45) is 11.7 Å². The lowest BCUT2D eigenvalue weighted by atomic mass is 9.87. The zero-order chi connectivity index (χ0) is 10.6. The van der Waals surface area contributed by atoms with Gasteiger partial charge in [0.15, 0.2) is 0 Å². The predicted molar refractivity (Wildman–Crippen MR) is 59.7 cm³/mol. The van der Waals surface area contributed by atoms with E-state index in [-0.39, 0.29) is 11.3 Å². The van der Waals surface area contributed by atoms with Gasteiger partial charge in [0.05, 0.1) is 11.9 Å². The fourth-order valence-corrected chi connectivity index (χ4v) is 3.67. The number of hydrogen-bond acceptors (Lipinski definition) is 3. The number of hydrogen-bond donors (Lipinski definition) is 1. The van der Waals surface area contributed by atoms with Gasteiger partial charge in [-0.2, -0.15) is 0 Å². The fraction of sp³-hybridized carbons (Fsp3) is 1.00. The van der Waals surface area contributed by atoms with Crippen molar-refractivity contribution in [1.29, 1.82) is 0 Å². The molecule has 0 bridgehead atoms. The second-order valence-corrected chi connectivity index (χ2v) is 5.97. The third-order valence-electron chi connectivity index (χ3n) is 2.93. The van der Waals surface area contributed by atoms with E-state index in [1.807, 2.05) is 0 Å². The minimum absolute atomic E-state index is 0.129. The molecule has 0 radical (unpaired) electrons. The average molecular weight is 219 g/mol. The van der Waals surface area contributed by atoms with E-state index < -0.39 is 10.8 Å². The van der Waals surface area contributed by atoms with Crippen molar-refractivity contribution in [2.45, 2.75) is 37.5 Å². The van der Waals surface area contributed by atoms with Crippen LogP contribution in [0.3, 0.4) is 0 Å². The van der Waals surface area contributed by atoms with Gasteiger partial charge in [-0.3, -0.25) is 4.21 Å². The van der Waals surface area contributed by atoms with Gasteiger partial charge < -0.3 is 10.5 Å². The molecule has 3 nitrogen and oxygen atoms in total. The molecule has 1 saturated carbocycles. The third-order valence-corrected chi connectivity index (χ3v) is 4.72. The molecule has 4 unspecified atom stereocenters.